The second kappa shape index (κ2) is 7.94. The monoisotopic (exact) mass is 400 g/mol. The summed E-state index contributed by atoms with van der Waals surface area (Å²) in [6.07, 6.45) is -6.99. The van der Waals surface area contributed by atoms with E-state index in [0.29, 0.717) is 11.3 Å². The topological polar surface area (TPSA) is 130 Å². The van der Waals surface area contributed by atoms with Crippen LogP contribution in [-0.2, 0) is 4.74 Å². The molecule has 0 aliphatic carbocycles. The van der Waals surface area contributed by atoms with Crippen LogP contribution in [0.15, 0.2) is 63.8 Å². The molecule has 3 aromatic rings. The molecule has 1 aliphatic heterocycles. The number of aliphatic hydroxyl groups excluding tert-OH is 4. The maximum Gasteiger partial charge on any atom is 0.229 e. The van der Waals surface area contributed by atoms with Crippen molar-refractivity contribution in [2.45, 2.75) is 30.7 Å². The Bertz CT molecular complexity index is 1050. The summed E-state index contributed by atoms with van der Waals surface area (Å²) in [5.41, 5.74) is 0.856. The van der Waals surface area contributed by atoms with E-state index < -0.39 is 37.3 Å². The van der Waals surface area contributed by atoms with Crippen molar-refractivity contribution in [3.05, 3.63) is 64.8 Å². The van der Waals surface area contributed by atoms with Crippen LogP contribution in [-0.4, -0.2) is 57.7 Å². The highest BCUT2D eigenvalue weighted by atomic mass is 16.7. The highest BCUT2D eigenvalue weighted by Gasteiger charge is 2.44. The van der Waals surface area contributed by atoms with Gasteiger partial charge in [0.05, 0.1) is 12.0 Å². The average molecular weight is 400 g/mol. The minimum atomic E-state index is -1.55. The molecule has 4 rings (SSSR count). The third-order valence-electron chi connectivity index (χ3n) is 4.86. The van der Waals surface area contributed by atoms with E-state index in [4.69, 9.17) is 13.9 Å². The van der Waals surface area contributed by atoms with Crippen molar-refractivity contribution < 1.29 is 34.3 Å². The summed E-state index contributed by atoms with van der Waals surface area (Å²) in [4.78, 5) is 12.6. The van der Waals surface area contributed by atoms with Gasteiger partial charge in [-0.3, -0.25) is 4.79 Å². The zero-order valence-electron chi connectivity index (χ0n) is 15.2. The van der Waals surface area contributed by atoms with Crippen molar-refractivity contribution in [3.63, 3.8) is 0 Å². The van der Waals surface area contributed by atoms with E-state index in [1.165, 1.54) is 18.2 Å². The first-order valence-electron chi connectivity index (χ1n) is 9.08. The molecular weight excluding hydrogens is 380 g/mol. The van der Waals surface area contributed by atoms with Crippen LogP contribution in [0, 0.1) is 0 Å². The SMILES string of the molecule is O=c1cc(-c2ccccc2)oc2ccc(O[C@H]3O[C@H](CO)[C@@H](O)[C@@H](O)[C@@H]3O)cc12. The van der Waals surface area contributed by atoms with Crippen LogP contribution in [0.25, 0.3) is 22.3 Å². The summed E-state index contributed by atoms with van der Waals surface area (Å²) < 4.78 is 16.7. The molecule has 0 spiro atoms. The molecule has 8 heteroatoms. The van der Waals surface area contributed by atoms with E-state index in [2.05, 4.69) is 0 Å². The molecule has 0 bridgehead atoms. The average Bonchev–Trinajstić information content (AvgIpc) is 2.75. The van der Waals surface area contributed by atoms with Gasteiger partial charge in [-0.05, 0) is 18.2 Å². The van der Waals surface area contributed by atoms with E-state index in [9.17, 15) is 25.2 Å². The van der Waals surface area contributed by atoms with Gasteiger partial charge in [0.15, 0.2) is 5.43 Å². The van der Waals surface area contributed by atoms with E-state index in [1.807, 2.05) is 30.3 Å². The normalized spacial score (nSPS) is 27.1. The minimum Gasteiger partial charge on any atom is -0.462 e. The molecule has 2 heterocycles. The number of fused-ring (bicyclic) bond motifs is 1. The number of rotatable bonds is 4. The predicted octanol–water partition coefficient (Wildman–Crippen LogP) is 0.639. The minimum absolute atomic E-state index is 0.196. The zero-order valence-corrected chi connectivity index (χ0v) is 15.2. The van der Waals surface area contributed by atoms with Crippen LogP contribution in [0.2, 0.25) is 0 Å². The molecule has 4 N–H and O–H groups in total. The van der Waals surface area contributed by atoms with Crippen LogP contribution in [0.1, 0.15) is 0 Å². The van der Waals surface area contributed by atoms with Crippen LogP contribution in [0.4, 0.5) is 0 Å². The van der Waals surface area contributed by atoms with Gasteiger partial charge in [-0.1, -0.05) is 30.3 Å². The lowest BCUT2D eigenvalue weighted by Gasteiger charge is -2.39. The van der Waals surface area contributed by atoms with Crippen molar-refractivity contribution in [1.82, 2.24) is 0 Å². The van der Waals surface area contributed by atoms with Gasteiger partial charge in [0, 0.05) is 11.6 Å². The number of hydrogen-bond acceptors (Lipinski definition) is 8. The lowest BCUT2D eigenvalue weighted by atomic mass is 9.99. The molecule has 1 aliphatic rings. The van der Waals surface area contributed by atoms with Gasteiger partial charge in [-0.2, -0.15) is 0 Å². The lowest BCUT2D eigenvalue weighted by Crippen LogP contribution is -2.60. The third-order valence-corrected chi connectivity index (χ3v) is 4.86. The highest BCUT2D eigenvalue weighted by Crippen LogP contribution is 2.27. The molecule has 29 heavy (non-hydrogen) atoms. The molecule has 0 amide bonds. The maximum absolute atomic E-state index is 12.6. The number of hydrogen-bond donors (Lipinski definition) is 4. The van der Waals surface area contributed by atoms with Crippen LogP contribution < -0.4 is 10.2 Å². The van der Waals surface area contributed by atoms with E-state index in [0.717, 1.165) is 5.56 Å². The summed E-state index contributed by atoms with van der Waals surface area (Å²) in [6.45, 7) is -0.561. The van der Waals surface area contributed by atoms with Crippen molar-refractivity contribution in [2.24, 2.45) is 0 Å². The Hall–Kier alpha value is -2.75. The number of benzene rings is 2. The van der Waals surface area contributed by atoms with Crippen LogP contribution in [0.3, 0.4) is 0 Å². The van der Waals surface area contributed by atoms with Gasteiger partial charge in [0.1, 0.15) is 41.5 Å². The predicted molar refractivity (Wildman–Crippen MR) is 102 cm³/mol. The van der Waals surface area contributed by atoms with Crippen molar-refractivity contribution in [1.29, 1.82) is 0 Å². The van der Waals surface area contributed by atoms with Gasteiger partial charge in [-0.25, -0.2) is 0 Å². The molecule has 5 atom stereocenters. The Morgan fingerprint density at radius 3 is 2.41 bits per heavy atom. The van der Waals surface area contributed by atoms with Gasteiger partial charge < -0.3 is 34.3 Å². The van der Waals surface area contributed by atoms with Crippen LogP contribution >= 0.6 is 0 Å². The van der Waals surface area contributed by atoms with Gasteiger partial charge in [-0.15, -0.1) is 0 Å². The summed E-state index contributed by atoms with van der Waals surface area (Å²) in [6, 6.07) is 15.1. The molecule has 0 unspecified atom stereocenters. The second-order valence-corrected chi connectivity index (χ2v) is 6.81. The molecule has 0 radical (unpaired) electrons. The third kappa shape index (κ3) is 3.76. The van der Waals surface area contributed by atoms with Crippen molar-refractivity contribution >= 4 is 11.0 Å². The molecule has 1 saturated heterocycles. The Balaban J connectivity index is 1.63. The largest absolute Gasteiger partial charge is 0.462 e. The van der Waals surface area contributed by atoms with E-state index >= 15 is 0 Å². The van der Waals surface area contributed by atoms with E-state index in [1.54, 1.807) is 6.07 Å². The molecule has 152 valence electrons. The molecule has 1 fully saturated rings. The highest BCUT2D eigenvalue weighted by molar-refractivity contribution is 5.80. The fourth-order valence-electron chi connectivity index (χ4n) is 3.25. The smallest absolute Gasteiger partial charge is 0.229 e. The Labute approximate surface area is 165 Å². The second-order valence-electron chi connectivity index (χ2n) is 6.81. The molecular formula is C21H20O8. The Kier molecular flexibility index (Phi) is 5.35. The quantitative estimate of drug-likeness (QED) is 0.502. The summed E-state index contributed by atoms with van der Waals surface area (Å²) in [7, 11) is 0. The summed E-state index contributed by atoms with van der Waals surface area (Å²) >= 11 is 0. The Morgan fingerprint density at radius 2 is 1.69 bits per heavy atom. The van der Waals surface area contributed by atoms with Crippen molar-refractivity contribution in [3.8, 4) is 17.1 Å². The molecule has 8 nitrogen and oxygen atoms in total. The fraction of sp³-hybridized carbons (Fsp3) is 0.286. The first kappa shape index (κ1) is 19.6. The first-order valence-corrected chi connectivity index (χ1v) is 9.08. The van der Waals surface area contributed by atoms with Gasteiger partial charge >= 0.3 is 0 Å². The molecule has 2 aromatic carbocycles. The van der Waals surface area contributed by atoms with Gasteiger partial charge in [0.25, 0.3) is 0 Å². The van der Waals surface area contributed by atoms with Crippen molar-refractivity contribution in [2.75, 3.05) is 6.61 Å². The molecule has 1 aromatic heterocycles. The summed E-state index contributed by atoms with van der Waals surface area (Å²) in [5.74, 6) is 0.632. The zero-order chi connectivity index (χ0) is 20.5. The van der Waals surface area contributed by atoms with Gasteiger partial charge in [0.2, 0.25) is 6.29 Å². The Morgan fingerprint density at radius 1 is 0.931 bits per heavy atom. The number of aliphatic hydroxyl groups is 4. The lowest BCUT2D eigenvalue weighted by molar-refractivity contribution is -0.277. The standard InChI is InChI=1S/C21H20O8/c22-10-17-18(24)19(25)20(26)21(29-17)27-12-6-7-15-13(8-12)14(23)9-16(28-15)11-4-2-1-3-5-11/h1-9,17-22,24-26H,10H2/t17-,18-,19-,20+,21+/m1/s1. The van der Waals surface area contributed by atoms with Crippen LogP contribution in [0.5, 0.6) is 5.75 Å². The van der Waals surface area contributed by atoms with E-state index in [-0.39, 0.29) is 16.6 Å². The fourth-order valence-corrected chi connectivity index (χ4v) is 3.25. The number of ether oxygens (including phenoxy) is 2. The maximum atomic E-state index is 12.6. The summed E-state index contributed by atoms with van der Waals surface area (Å²) in [5, 5.41) is 39.3. The molecule has 0 saturated carbocycles. The first-order chi connectivity index (χ1) is 14.0.